The van der Waals surface area contributed by atoms with E-state index in [-0.39, 0.29) is 27.0 Å². The molecule has 0 fully saturated rings. The summed E-state index contributed by atoms with van der Waals surface area (Å²) >= 11 is 6.04. The van der Waals surface area contributed by atoms with Crippen molar-refractivity contribution >= 4 is 39.0 Å². The van der Waals surface area contributed by atoms with Crippen LogP contribution in [-0.2, 0) is 10.0 Å². The SMILES string of the molecule is Cc1cc(NC(=O)c2cc(S(=O)(=O)Nc3ccc(F)cc3)ccc2Cl)n[nH]1. The number of carbonyl (C=O) groups is 1. The lowest BCUT2D eigenvalue weighted by Crippen LogP contribution is -2.16. The number of anilines is 2. The highest BCUT2D eigenvalue weighted by Crippen LogP contribution is 2.23. The van der Waals surface area contributed by atoms with Crippen LogP contribution in [0.25, 0.3) is 0 Å². The van der Waals surface area contributed by atoms with Gasteiger partial charge in [0.05, 0.1) is 15.5 Å². The highest BCUT2D eigenvalue weighted by molar-refractivity contribution is 7.92. The number of carbonyl (C=O) groups excluding carboxylic acids is 1. The van der Waals surface area contributed by atoms with Gasteiger partial charge in [0.2, 0.25) is 0 Å². The monoisotopic (exact) mass is 408 g/mol. The first-order valence-electron chi connectivity index (χ1n) is 7.66. The molecule has 0 unspecified atom stereocenters. The zero-order valence-corrected chi connectivity index (χ0v) is 15.5. The summed E-state index contributed by atoms with van der Waals surface area (Å²) in [5.41, 5.74) is 0.903. The minimum atomic E-state index is -4.00. The number of hydrogen-bond acceptors (Lipinski definition) is 4. The van der Waals surface area contributed by atoms with E-state index in [0.717, 1.165) is 23.9 Å². The Bertz CT molecular complexity index is 1100. The van der Waals surface area contributed by atoms with E-state index in [4.69, 9.17) is 11.6 Å². The number of sulfonamides is 1. The van der Waals surface area contributed by atoms with Crippen LogP contribution in [0.1, 0.15) is 16.1 Å². The summed E-state index contributed by atoms with van der Waals surface area (Å²) < 4.78 is 40.4. The van der Waals surface area contributed by atoms with Gasteiger partial charge in [-0.1, -0.05) is 11.6 Å². The van der Waals surface area contributed by atoms with E-state index in [1.807, 2.05) is 0 Å². The van der Waals surface area contributed by atoms with Crippen molar-refractivity contribution in [1.29, 1.82) is 0 Å². The fraction of sp³-hybridized carbons (Fsp3) is 0.0588. The molecule has 0 aliphatic heterocycles. The second-order valence-electron chi connectivity index (χ2n) is 5.64. The van der Waals surface area contributed by atoms with Crippen LogP contribution in [0.3, 0.4) is 0 Å². The van der Waals surface area contributed by atoms with E-state index >= 15 is 0 Å². The minimum Gasteiger partial charge on any atom is -0.305 e. The molecular weight excluding hydrogens is 395 g/mol. The van der Waals surface area contributed by atoms with Gasteiger partial charge in [-0.05, 0) is 49.4 Å². The molecule has 1 amide bonds. The molecule has 0 aliphatic carbocycles. The van der Waals surface area contributed by atoms with Crippen molar-refractivity contribution in [2.75, 3.05) is 10.0 Å². The summed E-state index contributed by atoms with van der Waals surface area (Å²) in [7, 11) is -4.00. The van der Waals surface area contributed by atoms with Crippen LogP contribution in [0.4, 0.5) is 15.9 Å². The number of halogens is 2. The number of nitrogens with zero attached hydrogens (tertiary/aromatic N) is 1. The molecule has 7 nitrogen and oxygen atoms in total. The summed E-state index contributed by atoms with van der Waals surface area (Å²) in [6.45, 7) is 1.77. The third-order valence-electron chi connectivity index (χ3n) is 3.54. The average molecular weight is 409 g/mol. The van der Waals surface area contributed by atoms with E-state index in [2.05, 4.69) is 20.2 Å². The van der Waals surface area contributed by atoms with Gasteiger partial charge in [-0.2, -0.15) is 5.10 Å². The van der Waals surface area contributed by atoms with E-state index in [0.29, 0.717) is 0 Å². The standard InChI is InChI=1S/C17H14ClFN4O3S/c1-10-8-16(22-21-10)20-17(24)14-9-13(6-7-15(14)18)27(25,26)23-12-4-2-11(19)3-5-12/h2-9,23H,1H3,(H2,20,21,22,24). The zero-order chi connectivity index (χ0) is 19.6. The van der Waals surface area contributed by atoms with E-state index < -0.39 is 21.7 Å². The highest BCUT2D eigenvalue weighted by atomic mass is 35.5. The van der Waals surface area contributed by atoms with Crippen LogP contribution in [0.2, 0.25) is 5.02 Å². The minimum absolute atomic E-state index is 0.0284. The Morgan fingerprint density at radius 3 is 2.48 bits per heavy atom. The van der Waals surface area contributed by atoms with Crippen LogP contribution in [0.5, 0.6) is 0 Å². The van der Waals surface area contributed by atoms with Gasteiger partial charge in [-0.3, -0.25) is 14.6 Å². The van der Waals surface area contributed by atoms with Crippen molar-refractivity contribution < 1.29 is 17.6 Å². The fourth-order valence-electron chi connectivity index (χ4n) is 2.24. The van der Waals surface area contributed by atoms with Crippen LogP contribution in [0.15, 0.2) is 53.4 Å². The Balaban J connectivity index is 1.87. The van der Waals surface area contributed by atoms with Gasteiger partial charge in [0.15, 0.2) is 5.82 Å². The number of benzene rings is 2. The third-order valence-corrected chi connectivity index (χ3v) is 5.25. The molecule has 3 N–H and O–H groups in total. The second-order valence-corrected chi connectivity index (χ2v) is 7.73. The van der Waals surface area contributed by atoms with E-state index in [1.54, 1.807) is 13.0 Å². The predicted octanol–water partition coefficient (Wildman–Crippen LogP) is 3.56. The Kier molecular flexibility index (Phi) is 5.15. The lowest BCUT2D eigenvalue weighted by Gasteiger charge is -2.10. The molecule has 0 aliphatic rings. The second kappa shape index (κ2) is 7.37. The largest absolute Gasteiger partial charge is 0.305 e. The lowest BCUT2D eigenvalue weighted by atomic mass is 10.2. The molecule has 140 valence electrons. The maximum absolute atomic E-state index is 13.0. The molecule has 2 aromatic carbocycles. The van der Waals surface area contributed by atoms with Crippen molar-refractivity contribution in [2.24, 2.45) is 0 Å². The molecule has 0 radical (unpaired) electrons. The van der Waals surface area contributed by atoms with Crippen LogP contribution >= 0.6 is 11.6 Å². The molecule has 1 aromatic heterocycles. The van der Waals surface area contributed by atoms with Gasteiger partial charge >= 0.3 is 0 Å². The fourth-order valence-corrected chi connectivity index (χ4v) is 3.53. The molecule has 0 atom stereocenters. The quantitative estimate of drug-likeness (QED) is 0.600. The maximum atomic E-state index is 13.0. The number of aromatic amines is 1. The number of rotatable bonds is 5. The molecule has 27 heavy (non-hydrogen) atoms. The molecule has 0 spiro atoms. The number of aromatic nitrogens is 2. The summed E-state index contributed by atoms with van der Waals surface area (Å²) in [6.07, 6.45) is 0. The number of hydrogen-bond donors (Lipinski definition) is 3. The topological polar surface area (TPSA) is 104 Å². The average Bonchev–Trinajstić information content (AvgIpc) is 3.01. The van der Waals surface area contributed by atoms with Gasteiger partial charge in [0.25, 0.3) is 15.9 Å². The van der Waals surface area contributed by atoms with Gasteiger partial charge in [-0.15, -0.1) is 0 Å². The molecule has 10 heteroatoms. The normalized spacial score (nSPS) is 11.2. The van der Waals surface area contributed by atoms with Gasteiger partial charge in [-0.25, -0.2) is 12.8 Å². The Labute approximate surface area is 159 Å². The van der Waals surface area contributed by atoms with Gasteiger partial charge in [0.1, 0.15) is 5.82 Å². The summed E-state index contributed by atoms with van der Waals surface area (Å²) in [4.78, 5) is 12.2. The molecule has 0 bridgehead atoms. The van der Waals surface area contributed by atoms with Crippen molar-refractivity contribution in [2.45, 2.75) is 11.8 Å². The van der Waals surface area contributed by atoms with E-state index in [1.165, 1.54) is 24.3 Å². The first-order valence-corrected chi connectivity index (χ1v) is 9.52. The summed E-state index contributed by atoms with van der Waals surface area (Å²) in [6, 6.07) is 10.2. The predicted molar refractivity (Wildman–Crippen MR) is 99.9 cm³/mol. The molecule has 1 heterocycles. The number of H-pyrrole nitrogens is 1. The Hall–Kier alpha value is -2.91. The van der Waals surface area contributed by atoms with Gasteiger partial charge in [0, 0.05) is 17.4 Å². The number of nitrogens with one attached hydrogen (secondary N) is 3. The van der Waals surface area contributed by atoms with Crippen LogP contribution < -0.4 is 10.0 Å². The van der Waals surface area contributed by atoms with Gasteiger partial charge < -0.3 is 5.32 Å². The Morgan fingerprint density at radius 1 is 1.15 bits per heavy atom. The third kappa shape index (κ3) is 4.44. The van der Waals surface area contributed by atoms with E-state index in [9.17, 15) is 17.6 Å². The molecule has 3 rings (SSSR count). The molecule has 0 saturated carbocycles. The number of amides is 1. The summed E-state index contributed by atoms with van der Waals surface area (Å²) in [5, 5.41) is 9.18. The molecule has 0 saturated heterocycles. The van der Waals surface area contributed by atoms with Crippen molar-refractivity contribution in [3.63, 3.8) is 0 Å². The highest BCUT2D eigenvalue weighted by Gasteiger charge is 2.19. The van der Waals surface area contributed by atoms with Crippen molar-refractivity contribution in [3.8, 4) is 0 Å². The molecule has 3 aromatic rings. The first kappa shape index (κ1) is 18.9. The van der Waals surface area contributed by atoms with Crippen LogP contribution in [-0.4, -0.2) is 24.5 Å². The summed E-state index contributed by atoms with van der Waals surface area (Å²) in [5.74, 6) is -0.811. The lowest BCUT2D eigenvalue weighted by molar-refractivity contribution is 0.102. The van der Waals surface area contributed by atoms with Crippen molar-refractivity contribution in [3.05, 3.63) is 70.6 Å². The number of aryl methyl sites for hydroxylation is 1. The maximum Gasteiger partial charge on any atom is 0.261 e. The zero-order valence-electron chi connectivity index (χ0n) is 14.0. The smallest absolute Gasteiger partial charge is 0.261 e. The molecular formula is C17H14ClFN4O3S. The first-order chi connectivity index (χ1) is 12.7. The Morgan fingerprint density at radius 2 is 1.85 bits per heavy atom. The van der Waals surface area contributed by atoms with Crippen LogP contribution in [0, 0.1) is 12.7 Å². The van der Waals surface area contributed by atoms with Crippen molar-refractivity contribution in [1.82, 2.24) is 10.2 Å².